The number of rotatable bonds is 3. The summed E-state index contributed by atoms with van der Waals surface area (Å²) in [6, 6.07) is 7.09. The minimum Gasteiger partial charge on any atom is -0.379 e. The topological polar surface area (TPSA) is 77.3 Å². The molecule has 2 heterocycles. The number of fused-ring (bicyclic) bond motifs is 1. The molecule has 0 amide bonds. The van der Waals surface area contributed by atoms with Crippen LogP contribution in [0.15, 0.2) is 30.5 Å². The molecule has 1 aromatic heterocycles. The monoisotopic (exact) mass is 273 g/mol. The first-order valence-corrected chi connectivity index (χ1v) is 6.57. The van der Waals surface area contributed by atoms with E-state index in [1.165, 1.54) is 6.07 Å². The number of nitro groups is 1. The van der Waals surface area contributed by atoms with Crippen molar-refractivity contribution in [2.24, 2.45) is 0 Å². The summed E-state index contributed by atoms with van der Waals surface area (Å²) >= 11 is 0. The minimum atomic E-state index is -0.402. The van der Waals surface area contributed by atoms with Gasteiger partial charge in [-0.25, -0.2) is 4.98 Å². The van der Waals surface area contributed by atoms with E-state index in [0.29, 0.717) is 5.52 Å². The highest BCUT2D eigenvalue weighted by Crippen LogP contribution is 2.31. The molecule has 6 heteroatoms. The van der Waals surface area contributed by atoms with Gasteiger partial charge in [0.25, 0.3) is 5.69 Å². The summed E-state index contributed by atoms with van der Waals surface area (Å²) in [5.41, 5.74) is 1.30. The lowest BCUT2D eigenvalue weighted by Gasteiger charge is -2.18. The van der Waals surface area contributed by atoms with Gasteiger partial charge in [0.15, 0.2) is 0 Å². The number of hydrogen-bond acceptors (Lipinski definition) is 5. The van der Waals surface area contributed by atoms with Crippen molar-refractivity contribution >= 4 is 22.3 Å². The molecule has 0 spiro atoms. The van der Waals surface area contributed by atoms with Crippen LogP contribution in [-0.4, -0.2) is 28.7 Å². The lowest BCUT2D eigenvalue weighted by molar-refractivity contribution is -0.383. The largest absolute Gasteiger partial charge is 0.379 e. The van der Waals surface area contributed by atoms with E-state index in [1.807, 2.05) is 13.0 Å². The van der Waals surface area contributed by atoms with Gasteiger partial charge in [-0.2, -0.15) is 0 Å². The zero-order valence-corrected chi connectivity index (χ0v) is 11.1. The van der Waals surface area contributed by atoms with Crippen LogP contribution < -0.4 is 5.32 Å². The quantitative estimate of drug-likeness (QED) is 0.687. The molecule has 1 N–H and O–H groups in total. The fourth-order valence-electron chi connectivity index (χ4n) is 2.55. The zero-order chi connectivity index (χ0) is 14.1. The van der Waals surface area contributed by atoms with Crippen molar-refractivity contribution in [3.63, 3.8) is 0 Å². The maximum atomic E-state index is 11.0. The van der Waals surface area contributed by atoms with Gasteiger partial charge in [0.1, 0.15) is 5.52 Å². The van der Waals surface area contributed by atoms with Crippen molar-refractivity contribution < 1.29 is 9.66 Å². The van der Waals surface area contributed by atoms with Gasteiger partial charge in [0, 0.05) is 29.9 Å². The minimum absolute atomic E-state index is 0.0295. The third kappa shape index (κ3) is 2.18. The fraction of sp³-hybridized carbons (Fsp3) is 0.357. The van der Waals surface area contributed by atoms with Crippen molar-refractivity contribution in [1.82, 2.24) is 4.98 Å². The van der Waals surface area contributed by atoms with E-state index in [-0.39, 0.29) is 17.8 Å². The van der Waals surface area contributed by atoms with E-state index in [2.05, 4.69) is 10.3 Å². The number of anilines is 1. The molecule has 2 unspecified atom stereocenters. The Morgan fingerprint density at radius 2 is 2.30 bits per heavy atom. The first-order chi connectivity index (χ1) is 9.66. The lowest BCUT2D eigenvalue weighted by Crippen LogP contribution is -2.26. The van der Waals surface area contributed by atoms with E-state index in [9.17, 15) is 10.1 Å². The molecule has 2 aromatic rings. The molecule has 6 nitrogen and oxygen atoms in total. The number of non-ortho nitro benzene ring substituents is 1. The molecule has 0 bridgehead atoms. The second-order valence-electron chi connectivity index (χ2n) is 4.90. The van der Waals surface area contributed by atoms with Gasteiger partial charge < -0.3 is 10.1 Å². The SMILES string of the molecule is CC1OCCC1Nc1ccc([N+](=O)[O-])c2ncccc12. The molecule has 1 aliphatic rings. The van der Waals surface area contributed by atoms with Crippen LogP contribution in [0.4, 0.5) is 11.4 Å². The van der Waals surface area contributed by atoms with Gasteiger partial charge in [-0.1, -0.05) is 0 Å². The summed E-state index contributed by atoms with van der Waals surface area (Å²) in [6.45, 7) is 2.76. The Kier molecular flexibility index (Phi) is 3.23. The van der Waals surface area contributed by atoms with Crippen LogP contribution in [-0.2, 0) is 4.74 Å². The van der Waals surface area contributed by atoms with Gasteiger partial charge in [-0.15, -0.1) is 0 Å². The molecule has 0 aliphatic carbocycles. The highest BCUT2D eigenvalue weighted by molar-refractivity contribution is 5.97. The smallest absolute Gasteiger partial charge is 0.295 e. The third-order valence-corrected chi connectivity index (χ3v) is 3.66. The molecule has 0 saturated carbocycles. The Morgan fingerprint density at radius 1 is 1.45 bits per heavy atom. The van der Waals surface area contributed by atoms with Crippen LogP contribution in [0.3, 0.4) is 0 Å². The first kappa shape index (κ1) is 12.8. The van der Waals surface area contributed by atoms with Crippen LogP contribution in [0, 0.1) is 10.1 Å². The molecule has 3 rings (SSSR count). The van der Waals surface area contributed by atoms with Crippen molar-refractivity contribution in [2.45, 2.75) is 25.5 Å². The van der Waals surface area contributed by atoms with E-state index in [4.69, 9.17) is 4.74 Å². The third-order valence-electron chi connectivity index (χ3n) is 3.66. The molecule has 1 fully saturated rings. The number of nitrogens with one attached hydrogen (secondary N) is 1. The summed E-state index contributed by atoms with van der Waals surface area (Å²) in [4.78, 5) is 14.8. The molecule has 0 radical (unpaired) electrons. The lowest BCUT2D eigenvalue weighted by atomic mass is 10.1. The van der Waals surface area contributed by atoms with E-state index < -0.39 is 4.92 Å². The van der Waals surface area contributed by atoms with Gasteiger partial charge in [0.05, 0.1) is 17.1 Å². The molecular formula is C14H15N3O3. The Bertz CT molecular complexity index is 659. The molecule has 1 aliphatic heterocycles. The number of nitro benzene ring substituents is 1. The van der Waals surface area contributed by atoms with E-state index >= 15 is 0 Å². The summed E-state index contributed by atoms with van der Waals surface area (Å²) in [7, 11) is 0. The highest BCUT2D eigenvalue weighted by atomic mass is 16.6. The van der Waals surface area contributed by atoms with Crippen LogP contribution in [0.2, 0.25) is 0 Å². The van der Waals surface area contributed by atoms with E-state index in [1.54, 1.807) is 18.3 Å². The van der Waals surface area contributed by atoms with E-state index in [0.717, 1.165) is 24.1 Å². The Labute approximate surface area is 115 Å². The first-order valence-electron chi connectivity index (χ1n) is 6.57. The average molecular weight is 273 g/mol. The second-order valence-corrected chi connectivity index (χ2v) is 4.90. The van der Waals surface area contributed by atoms with Crippen molar-refractivity contribution in [1.29, 1.82) is 0 Å². The summed E-state index contributed by atoms with van der Waals surface area (Å²) < 4.78 is 5.53. The van der Waals surface area contributed by atoms with Crippen molar-refractivity contribution in [3.8, 4) is 0 Å². The Balaban J connectivity index is 2.04. The maximum Gasteiger partial charge on any atom is 0.295 e. The van der Waals surface area contributed by atoms with Crippen LogP contribution in [0.1, 0.15) is 13.3 Å². The van der Waals surface area contributed by atoms with Crippen molar-refractivity contribution in [3.05, 3.63) is 40.6 Å². The zero-order valence-electron chi connectivity index (χ0n) is 11.1. The molecule has 1 aromatic carbocycles. The molecular weight excluding hydrogens is 258 g/mol. The normalized spacial score (nSPS) is 22.1. The highest BCUT2D eigenvalue weighted by Gasteiger charge is 2.25. The number of aromatic nitrogens is 1. The Hall–Kier alpha value is -2.21. The standard InChI is InChI=1S/C14H15N3O3/c1-9-11(6-8-20-9)16-12-4-5-13(17(18)19)14-10(12)3-2-7-15-14/h2-5,7,9,11,16H,6,8H2,1H3. The van der Waals surface area contributed by atoms with Crippen LogP contribution in [0.5, 0.6) is 0 Å². The number of pyridine rings is 1. The van der Waals surface area contributed by atoms with Gasteiger partial charge in [0.2, 0.25) is 0 Å². The molecule has 2 atom stereocenters. The summed E-state index contributed by atoms with van der Waals surface area (Å²) in [5.74, 6) is 0. The van der Waals surface area contributed by atoms with Gasteiger partial charge in [-0.3, -0.25) is 10.1 Å². The summed E-state index contributed by atoms with van der Waals surface area (Å²) in [6.07, 6.45) is 2.64. The molecule has 1 saturated heterocycles. The maximum absolute atomic E-state index is 11.0. The van der Waals surface area contributed by atoms with Crippen LogP contribution >= 0.6 is 0 Å². The predicted molar refractivity (Wildman–Crippen MR) is 75.8 cm³/mol. The second kappa shape index (κ2) is 5.05. The van der Waals surface area contributed by atoms with Gasteiger partial charge >= 0.3 is 0 Å². The van der Waals surface area contributed by atoms with Gasteiger partial charge in [-0.05, 0) is 31.5 Å². The number of ether oxygens (including phenoxy) is 1. The number of nitrogens with zero attached hydrogens (tertiary/aromatic N) is 2. The summed E-state index contributed by atoms with van der Waals surface area (Å²) in [5, 5.41) is 15.2. The fourth-order valence-corrected chi connectivity index (χ4v) is 2.55. The average Bonchev–Trinajstić information content (AvgIpc) is 2.84. The van der Waals surface area contributed by atoms with Crippen LogP contribution in [0.25, 0.3) is 10.9 Å². The molecule has 20 heavy (non-hydrogen) atoms. The predicted octanol–water partition coefficient (Wildman–Crippen LogP) is 2.73. The number of hydrogen-bond donors (Lipinski definition) is 1. The molecule has 104 valence electrons. The Morgan fingerprint density at radius 3 is 3.00 bits per heavy atom. The van der Waals surface area contributed by atoms with Crippen molar-refractivity contribution in [2.75, 3.05) is 11.9 Å². The number of benzene rings is 1.